The summed E-state index contributed by atoms with van der Waals surface area (Å²) in [5, 5.41) is 0. The number of rotatable bonds is 6. The Morgan fingerprint density at radius 2 is 0.725 bits per heavy atom. The van der Waals surface area contributed by atoms with Crippen molar-refractivity contribution < 1.29 is 0 Å². The van der Waals surface area contributed by atoms with Crippen LogP contribution in [0.4, 0.5) is 0 Å². The molecule has 4 heterocycles. The van der Waals surface area contributed by atoms with Gasteiger partial charge in [0.25, 0.3) is 0 Å². The van der Waals surface area contributed by atoms with Crippen molar-refractivity contribution in [3.8, 4) is 41.8 Å². The van der Waals surface area contributed by atoms with E-state index in [0.717, 1.165) is 0 Å². The highest BCUT2D eigenvalue weighted by atomic mass is 32.1. The fourth-order valence-corrected chi connectivity index (χ4v) is 9.07. The molecule has 1 aromatic carbocycles. The summed E-state index contributed by atoms with van der Waals surface area (Å²) in [6.07, 6.45) is 0. The maximum absolute atomic E-state index is 2.50. The van der Waals surface area contributed by atoms with Crippen LogP contribution in [0.15, 0.2) is 60.7 Å². The van der Waals surface area contributed by atoms with E-state index in [1.54, 1.807) is 0 Å². The third-order valence-corrected chi connectivity index (χ3v) is 13.2. The highest BCUT2D eigenvalue weighted by Crippen LogP contribution is 2.49. The van der Waals surface area contributed by atoms with E-state index in [0.29, 0.717) is 11.8 Å². The van der Waals surface area contributed by atoms with Gasteiger partial charge < -0.3 is 0 Å². The Morgan fingerprint density at radius 3 is 0.975 bits per heavy atom. The summed E-state index contributed by atoms with van der Waals surface area (Å²) in [5.41, 5.74) is 5.68. The molecule has 0 saturated carbocycles. The molecule has 40 heavy (non-hydrogen) atoms. The Balaban J connectivity index is 1.80. The SMILES string of the molecule is CC(C)c1ccc(-c2cc(-c3ccc(C(C)(C)C)s3)c(-c3ccc(C(C)(C)C)s3)cc2-c2ccc(C(C)C)s2)s1. The molecule has 0 bridgehead atoms. The molecule has 0 aliphatic heterocycles. The van der Waals surface area contributed by atoms with Crippen molar-refractivity contribution in [2.45, 2.75) is 91.9 Å². The van der Waals surface area contributed by atoms with Crippen LogP contribution in [0.2, 0.25) is 0 Å². The fraction of sp³-hybridized carbons (Fsp3) is 0.389. The first kappa shape index (κ1) is 29.5. The van der Waals surface area contributed by atoms with Gasteiger partial charge in [-0.05, 0) is 83.3 Å². The quantitative estimate of drug-likeness (QED) is 0.181. The van der Waals surface area contributed by atoms with E-state index in [1.165, 1.54) is 61.3 Å². The van der Waals surface area contributed by atoms with Crippen molar-refractivity contribution in [3.05, 3.63) is 80.2 Å². The van der Waals surface area contributed by atoms with Gasteiger partial charge in [-0.3, -0.25) is 0 Å². The highest BCUT2D eigenvalue weighted by Gasteiger charge is 2.24. The van der Waals surface area contributed by atoms with E-state index in [9.17, 15) is 0 Å². The van der Waals surface area contributed by atoms with Crippen molar-refractivity contribution in [1.82, 2.24) is 0 Å². The van der Waals surface area contributed by atoms with Gasteiger partial charge in [0.15, 0.2) is 0 Å². The summed E-state index contributed by atoms with van der Waals surface area (Å²) in [4.78, 5) is 11.2. The first-order valence-electron chi connectivity index (χ1n) is 14.3. The molecule has 4 aromatic heterocycles. The van der Waals surface area contributed by atoms with E-state index in [-0.39, 0.29) is 10.8 Å². The van der Waals surface area contributed by atoms with Crippen LogP contribution in [0.3, 0.4) is 0 Å². The normalized spacial score (nSPS) is 12.7. The zero-order valence-electron chi connectivity index (χ0n) is 25.6. The van der Waals surface area contributed by atoms with E-state index in [1.807, 2.05) is 45.3 Å². The molecule has 0 amide bonds. The second kappa shape index (κ2) is 11.0. The second-order valence-electron chi connectivity index (χ2n) is 13.5. The molecule has 5 aromatic rings. The van der Waals surface area contributed by atoms with Crippen molar-refractivity contribution in [3.63, 3.8) is 0 Å². The number of benzene rings is 1. The maximum atomic E-state index is 2.50. The van der Waals surface area contributed by atoms with Crippen LogP contribution in [0.5, 0.6) is 0 Å². The predicted octanol–water partition coefficient (Wildman–Crippen LogP) is 13.4. The molecule has 0 fully saturated rings. The number of hydrogen-bond donors (Lipinski definition) is 0. The molecule has 0 unspecified atom stereocenters. The molecule has 0 spiro atoms. The van der Waals surface area contributed by atoms with Crippen molar-refractivity contribution in [1.29, 1.82) is 0 Å². The van der Waals surface area contributed by atoms with E-state index < -0.39 is 0 Å². The standard InChI is InChI=1S/C36H42S4/c1-21(2)27-11-13-29(37-27)23-19-25(31-15-17-33(39-31)35(5,6)7)26(32-16-18-34(40-32)36(8,9)10)20-24(23)30-14-12-28(38-30)22(3)4/h11-22H,1-10H3. The molecule has 0 aliphatic rings. The molecule has 0 N–H and O–H groups in total. The van der Waals surface area contributed by atoms with Gasteiger partial charge in [0.2, 0.25) is 0 Å². The molecule has 0 aliphatic carbocycles. The predicted molar refractivity (Wildman–Crippen MR) is 185 cm³/mol. The minimum absolute atomic E-state index is 0.137. The number of hydrogen-bond acceptors (Lipinski definition) is 4. The van der Waals surface area contributed by atoms with Crippen LogP contribution in [0, 0.1) is 0 Å². The smallest absolute Gasteiger partial charge is 0.0352 e. The van der Waals surface area contributed by atoms with E-state index >= 15 is 0 Å². The Morgan fingerprint density at radius 1 is 0.425 bits per heavy atom. The minimum Gasteiger partial charge on any atom is -0.140 e. The highest BCUT2D eigenvalue weighted by molar-refractivity contribution is 7.17. The van der Waals surface area contributed by atoms with Crippen LogP contribution >= 0.6 is 45.3 Å². The van der Waals surface area contributed by atoms with Gasteiger partial charge in [0.05, 0.1) is 0 Å². The first-order valence-corrected chi connectivity index (χ1v) is 17.6. The van der Waals surface area contributed by atoms with Gasteiger partial charge in [-0.25, -0.2) is 0 Å². The van der Waals surface area contributed by atoms with Crippen LogP contribution in [0.1, 0.15) is 101 Å². The van der Waals surface area contributed by atoms with Crippen molar-refractivity contribution in [2.24, 2.45) is 0 Å². The average Bonchev–Trinajstić information content (AvgIpc) is 3.68. The monoisotopic (exact) mass is 602 g/mol. The van der Waals surface area contributed by atoms with Gasteiger partial charge in [-0.15, -0.1) is 45.3 Å². The van der Waals surface area contributed by atoms with Gasteiger partial charge >= 0.3 is 0 Å². The third-order valence-electron chi connectivity index (χ3n) is 7.30. The molecule has 0 saturated heterocycles. The third kappa shape index (κ3) is 5.97. The van der Waals surface area contributed by atoms with Gasteiger partial charge in [0, 0.05) is 61.3 Å². The molecule has 4 heteroatoms. The zero-order chi connectivity index (χ0) is 29.0. The zero-order valence-corrected chi connectivity index (χ0v) is 28.8. The molecule has 5 rings (SSSR count). The minimum atomic E-state index is 0.137. The Labute approximate surface area is 257 Å². The summed E-state index contributed by atoms with van der Waals surface area (Å²) in [6, 6.07) is 23.7. The van der Waals surface area contributed by atoms with Crippen LogP contribution in [0.25, 0.3) is 41.8 Å². The molecule has 0 atom stereocenters. The Bertz CT molecular complexity index is 1490. The molecule has 210 valence electrons. The van der Waals surface area contributed by atoms with Gasteiger partial charge in [-0.1, -0.05) is 69.2 Å². The van der Waals surface area contributed by atoms with Crippen LogP contribution in [-0.2, 0) is 10.8 Å². The number of thiophene rings is 4. The topological polar surface area (TPSA) is 0 Å². The molecular weight excluding hydrogens is 561 g/mol. The summed E-state index contributed by atoms with van der Waals surface area (Å²) < 4.78 is 0. The first-order chi connectivity index (χ1) is 18.7. The van der Waals surface area contributed by atoms with Crippen molar-refractivity contribution in [2.75, 3.05) is 0 Å². The lowest BCUT2D eigenvalue weighted by atomic mass is 9.93. The fourth-order valence-electron chi connectivity index (χ4n) is 4.80. The molecule has 0 radical (unpaired) electrons. The van der Waals surface area contributed by atoms with Crippen molar-refractivity contribution >= 4 is 45.3 Å². The van der Waals surface area contributed by atoms with Gasteiger partial charge in [0.1, 0.15) is 0 Å². The summed E-state index contributed by atoms with van der Waals surface area (Å²) >= 11 is 7.80. The average molecular weight is 603 g/mol. The van der Waals surface area contributed by atoms with Gasteiger partial charge in [-0.2, -0.15) is 0 Å². The lowest BCUT2D eigenvalue weighted by Crippen LogP contribution is -2.07. The summed E-state index contributed by atoms with van der Waals surface area (Å²) in [6.45, 7) is 23.1. The van der Waals surface area contributed by atoms with Crippen LogP contribution in [-0.4, -0.2) is 0 Å². The second-order valence-corrected chi connectivity index (χ2v) is 17.9. The molecular formula is C36H42S4. The van der Waals surface area contributed by atoms with E-state index in [4.69, 9.17) is 0 Å². The maximum Gasteiger partial charge on any atom is 0.0352 e. The summed E-state index contributed by atoms with van der Waals surface area (Å²) in [7, 11) is 0. The lowest BCUT2D eigenvalue weighted by molar-refractivity contribution is 0.603. The molecule has 0 nitrogen and oxygen atoms in total. The Hall–Kier alpha value is -1.98. The summed E-state index contributed by atoms with van der Waals surface area (Å²) in [5.74, 6) is 1.06. The van der Waals surface area contributed by atoms with Crippen LogP contribution < -0.4 is 0 Å². The Kier molecular flexibility index (Phi) is 8.13. The lowest BCUT2D eigenvalue weighted by Gasteiger charge is -2.17. The largest absolute Gasteiger partial charge is 0.140 e. The van der Waals surface area contributed by atoms with E-state index in [2.05, 4.69) is 130 Å².